The number of fused-ring (bicyclic) bond motifs is 4. The van der Waals surface area contributed by atoms with Crippen LogP contribution in [0.15, 0.2) is 30.5 Å². The predicted octanol–water partition coefficient (Wildman–Crippen LogP) is 2.24. The van der Waals surface area contributed by atoms with Crippen molar-refractivity contribution in [1.82, 2.24) is 4.98 Å². The molecule has 0 bridgehead atoms. The molecule has 2 aromatic rings. The molecular formula is C14H12N2O. The fraction of sp³-hybridized carbons (Fsp3) is 0.286. The van der Waals surface area contributed by atoms with E-state index in [1.165, 1.54) is 5.56 Å². The number of pyridine rings is 1. The number of benzene rings is 1. The standard InChI is InChI=1S/C14H12N2O/c1-16-11-8-15-10-5-3-2-4-9(10)12(11)14(6-7-14)13(16)17/h2-5,8H,6-7H2,1H3. The minimum absolute atomic E-state index is 0.216. The van der Waals surface area contributed by atoms with E-state index >= 15 is 0 Å². The summed E-state index contributed by atoms with van der Waals surface area (Å²) in [5.74, 6) is 0.241. The number of aromatic nitrogens is 1. The number of carbonyl (C=O) groups excluding carboxylic acids is 1. The van der Waals surface area contributed by atoms with Gasteiger partial charge in [-0.05, 0) is 18.9 Å². The minimum Gasteiger partial charge on any atom is -0.313 e. The van der Waals surface area contributed by atoms with E-state index in [-0.39, 0.29) is 11.3 Å². The van der Waals surface area contributed by atoms with Gasteiger partial charge in [0, 0.05) is 18.0 Å². The Morgan fingerprint density at radius 2 is 2.06 bits per heavy atom. The van der Waals surface area contributed by atoms with Crippen LogP contribution in [0, 0.1) is 0 Å². The van der Waals surface area contributed by atoms with Gasteiger partial charge in [-0.2, -0.15) is 0 Å². The van der Waals surface area contributed by atoms with Crippen LogP contribution in [0.5, 0.6) is 0 Å². The van der Waals surface area contributed by atoms with Crippen molar-refractivity contribution in [2.75, 3.05) is 11.9 Å². The molecule has 1 saturated carbocycles. The van der Waals surface area contributed by atoms with Crippen molar-refractivity contribution in [3.63, 3.8) is 0 Å². The predicted molar refractivity (Wildman–Crippen MR) is 66.1 cm³/mol. The molecular weight excluding hydrogens is 212 g/mol. The molecule has 4 rings (SSSR count). The second-order valence-corrected chi connectivity index (χ2v) is 4.98. The highest BCUT2D eigenvalue weighted by Crippen LogP contribution is 2.58. The summed E-state index contributed by atoms with van der Waals surface area (Å²) in [6.07, 6.45) is 3.80. The summed E-state index contributed by atoms with van der Waals surface area (Å²) in [6.45, 7) is 0. The van der Waals surface area contributed by atoms with Crippen LogP contribution in [0.25, 0.3) is 10.9 Å². The third-order valence-corrected chi connectivity index (χ3v) is 4.06. The largest absolute Gasteiger partial charge is 0.313 e. The highest BCUT2D eigenvalue weighted by Gasteiger charge is 2.59. The molecule has 0 unspecified atom stereocenters. The molecule has 84 valence electrons. The Labute approximate surface area is 99.1 Å². The van der Waals surface area contributed by atoms with Crippen molar-refractivity contribution in [2.45, 2.75) is 18.3 Å². The molecule has 1 spiro atoms. The maximum Gasteiger partial charge on any atom is 0.237 e. The van der Waals surface area contributed by atoms with Gasteiger partial charge in [-0.15, -0.1) is 0 Å². The first-order valence-electron chi connectivity index (χ1n) is 5.90. The van der Waals surface area contributed by atoms with E-state index in [2.05, 4.69) is 11.1 Å². The van der Waals surface area contributed by atoms with Gasteiger partial charge in [-0.1, -0.05) is 18.2 Å². The Bertz CT molecular complexity index is 658. The van der Waals surface area contributed by atoms with Gasteiger partial charge in [-0.3, -0.25) is 9.78 Å². The SMILES string of the molecule is CN1C(=O)C2(CC2)c2c1cnc1ccccc21. The Morgan fingerprint density at radius 3 is 2.82 bits per heavy atom. The molecule has 1 aromatic heterocycles. The fourth-order valence-electron chi connectivity index (χ4n) is 3.01. The first kappa shape index (κ1) is 9.16. The average Bonchev–Trinajstić information content (AvgIpc) is 3.13. The van der Waals surface area contributed by atoms with E-state index in [1.807, 2.05) is 31.4 Å². The normalized spacial score (nSPS) is 20.1. The zero-order chi connectivity index (χ0) is 11.6. The lowest BCUT2D eigenvalue weighted by Gasteiger charge is -2.09. The van der Waals surface area contributed by atoms with Crippen LogP contribution in [-0.2, 0) is 10.2 Å². The van der Waals surface area contributed by atoms with Gasteiger partial charge in [0.1, 0.15) is 0 Å². The van der Waals surface area contributed by atoms with Crippen molar-refractivity contribution in [3.8, 4) is 0 Å². The third kappa shape index (κ3) is 0.931. The summed E-state index contributed by atoms with van der Waals surface area (Å²) in [5, 5.41) is 1.14. The molecule has 1 amide bonds. The van der Waals surface area contributed by atoms with Gasteiger partial charge in [-0.25, -0.2) is 0 Å². The average molecular weight is 224 g/mol. The minimum atomic E-state index is -0.216. The van der Waals surface area contributed by atoms with Crippen molar-refractivity contribution in [3.05, 3.63) is 36.0 Å². The number of para-hydroxylation sites is 1. The lowest BCUT2D eigenvalue weighted by Crippen LogP contribution is -2.28. The summed E-state index contributed by atoms with van der Waals surface area (Å²) in [4.78, 5) is 18.5. The summed E-state index contributed by atoms with van der Waals surface area (Å²) in [7, 11) is 1.85. The molecule has 0 saturated heterocycles. The number of hydrogen-bond acceptors (Lipinski definition) is 2. The molecule has 0 radical (unpaired) electrons. The Morgan fingerprint density at radius 1 is 1.29 bits per heavy atom. The van der Waals surface area contributed by atoms with E-state index in [0.29, 0.717) is 0 Å². The van der Waals surface area contributed by atoms with Crippen molar-refractivity contribution in [1.29, 1.82) is 0 Å². The van der Waals surface area contributed by atoms with E-state index in [4.69, 9.17) is 0 Å². The van der Waals surface area contributed by atoms with Crippen molar-refractivity contribution in [2.24, 2.45) is 0 Å². The van der Waals surface area contributed by atoms with Crippen molar-refractivity contribution < 1.29 is 4.79 Å². The van der Waals surface area contributed by atoms with E-state index in [1.54, 1.807) is 4.90 Å². The van der Waals surface area contributed by atoms with Gasteiger partial charge < -0.3 is 4.90 Å². The summed E-state index contributed by atoms with van der Waals surface area (Å²) in [6, 6.07) is 8.09. The lowest BCUT2D eigenvalue weighted by molar-refractivity contribution is -0.119. The monoisotopic (exact) mass is 224 g/mol. The Hall–Kier alpha value is -1.90. The maximum atomic E-state index is 12.3. The summed E-state index contributed by atoms with van der Waals surface area (Å²) < 4.78 is 0. The van der Waals surface area contributed by atoms with Crippen LogP contribution in [0.2, 0.25) is 0 Å². The van der Waals surface area contributed by atoms with Gasteiger partial charge >= 0.3 is 0 Å². The summed E-state index contributed by atoms with van der Waals surface area (Å²) >= 11 is 0. The zero-order valence-corrected chi connectivity index (χ0v) is 9.60. The Balaban J connectivity index is 2.16. The molecule has 1 aliphatic heterocycles. The van der Waals surface area contributed by atoms with E-state index < -0.39 is 0 Å². The van der Waals surface area contributed by atoms with Gasteiger partial charge in [0.2, 0.25) is 5.91 Å². The molecule has 2 aliphatic rings. The smallest absolute Gasteiger partial charge is 0.237 e. The van der Waals surface area contributed by atoms with Crippen LogP contribution >= 0.6 is 0 Å². The van der Waals surface area contributed by atoms with Crippen LogP contribution in [0.4, 0.5) is 5.69 Å². The Kier molecular flexibility index (Phi) is 1.44. The second kappa shape index (κ2) is 2.67. The molecule has 3 nitrogen and oxygen atoms in total. The number of amides is 1. The number of rotatable bonds is 0. The van der Waals surface area contributed by atoms with Gasteiger partial charge in [0.05, 0.1) is 22.8 Å². The molecule has 17 heavy (non-hydrogen) atoms. The third-order valence-electron chi connectivity index (χ3n) is 4.06. The molecule has 0 atom stereocenters. The van der Waals surface area contributed by atoms with Crippen LogP contribution in [-0.4, -0.2) is 17.9 Å². The molecule has 3 heteroatoms. The molecule has 1 aromatic carbocycles. The van der Waals surface area contributed by atoms with Crippen LogP contribution in [0.3, 0.4) is 0 Å². The van der Waals surface area contributed by atoms with Crippen molar-refractivity contribution >= 4 is 22.5 Å². The molecule has 1 fully saturated rings. The topological polar surface area (TPSA) is 33.2 Å². The van der Waals surface area contributed by atoms with Crippen LogP contribution < -0.4 is 4.90 Å². The number of likely N-dealkylation sites (N-methyl/N-ethyl adjacent to an activating group) is 1. The fourth-order valence-corrected chi connectivity index (χ4v) is 3.01. The highest BCUT2D eigenvalue weighted by atomic mass is 16.2. The second-order valence-electron chi connectivity index (χ2n) is 4.98. The highest BCUT2D eigenvalue weighted by molar-refractivity contribution is 6.13. The molecule has 0 N–H and O–H groups in total. The van der Waals surface area contributed by atoms with Gasteiger partial charge in [0.15, 0.2) is 0 Å². The first-order valence-corrected chi connectivity index (χ1v) is 5.90. The number of nitrogens with zero attached hydrogens (tertiary/aromatic N) is 2. The quantitative estimate of drug-likeness (QED) is 0.687. The molecule has 1 aliphatic carbocycles. The zero-order valence-electron chi connectivity index (χ0n) is 9.60. The number of carbonyl (C=O) groups is 1. The van der Waals surface area contributed by atoms with Gasteiger partial charge in [0.25, 0.3) is 0 Å². The lowest BCUT2D eigenvalue weighted by atomic mass is 9.94. The molecule has 2 heterocycles. The first-order chi connectivity index (χ1) is 8.24. The number of anilines is 1. The van der Waals surface area contributed by atoms with Crippen LogP contribution in [0.1, 0.15) is 18.4 Å². The number of hydrogen-bond donors (Lipinski definition) is 0. The van der Waals surface area contributed by atoms with E-state index in [0.717, 1.165) is 29.4 Å². The summed E-state index contributed by atoms with van der Waals surface area (Å²) in [5.41, 5.74) is 2.97. The maximum absolute atomic E-state index is 12.3. The van der Waals surface area contributed by atoms with E-state index in [9.17, 15) is 4.79 Å².